The molecule has 1 unspecified atom stereocenters. The van der Waals surface area contributed by atoms with E-state index in [-0.39, 0.29) is 18.7 Å². The van der Waals surface area contributed by atoms with E-state index < -0.39 is 35.7 Å². The van der Waals surface area contributed by atoms with Gasteiger partial charge in [0.05, 0.1) is 6.42 Å². The van der Waals surface area contributed by atoms with Crippen LogP contribution >= 0.6 is 0 Å². The topological polar surface area (TPSA) is 120 Å². The summed E-state index contributed by atoms with van der Waals surface area (Å²) in [7, 11) is 0. The van der Waals surface area contributed by atoms with Gasteiger partial charge in [-0.15, -0.1) is 0 Å². The van der Waals surface area contributed by atoms with Crippen LogP contribution in [0.5, 0.6) is 0 Å². The summed E-state index contributed by atoms with van der Waals surface area (Å²) in [6.07, 6.45) is 2.13. The van der Waals surface area contributed by atoms with E-state index in [0.29, 0.717) is 0 Å². The third kappa shape index (κ3) is 2.68. The van der Waals surface area contributed by atoms with Crippen LogP contribution in [0.15, 0.2) is 23.3 Å². The van der Waals surface area contributed by atoms with Crippen LogP contribution in [0.25, 0.3) is 0 Å². The number of hydrogen-bond donors (Lipinski definition) is 3. The molecule has 0 saturated carbocycles. The van der Waals surface area contributed by atoms with Gasteiger partial charge in [-0.2, -0.15) is 0 Å². The molecule has 3 N–H and O–H groups in total. The summed E-state index contributed by atoms with van der Waals surface area (Å²) in [5.41, 5.74) is -0.591. The summed E-state index contributed by atoms with van der Waals surface area (Å²) >= 11 is 0. The van der Waals surface area contributed by atoms with Gasteiger partial charge in [-0.25, -0.2) is 0 Å². The Morgan fingerprint density at radius 1 is 1.40 bits per heavy atom. The highest BCUT2D eigenvalue weighted by Gasteiger charge is 2.35. The lowest BCUT2D eigenvalue weighted by Gasteiger charge is -2.34. The van der Waals surface area contributed by atoms with Crippen LogP contribution in [0.4, 0.5) is 0 Å². The van der Waals surface area contributed by atoms with Crippen LogP contribution in [0.3, 0.4) is 0 Å². The van der Waals surface area contributed by atoms with Crippen LogP contribution in [0, 0.1) is 0 Å². The third-order valence-electron chi connectivity index (χ3n) is 3.01. The van der Waals surface area contributed by atoms with Gasteiger partial charge in [-0.3, -0.25) is 19.2 Å². The molecule has 2 rings (SSSR count). The molecular formula is C12H13N3O5. The molecule has 106 valence electrons. The fourth-order valence-corrected chi connectivity index (χ4v) is 2.06. The largest absolute Gasteiger partial charge is 0.481 e. The van der Waals surface area contributed by atoms with Gasteiger partial charge in [0.15, 0.2) is 5.43 Å². The highest BCUT2D eigenvalue weighted by atomic mass is 16.4. The lowest BCUT2D eigenvalue weighted by atomic mass is 10.1. The van der Waals surface area contributed by atoms with E-state index in [1.54, 1.807) is 0 Å². The highest BCUT2D eigenvalue weighted by Crippen LogP contribution is 2.12. The first-order chi connectivity index (χ1) is 9.50. The quantitative estimate of drug-likeness (QED) is 0.641. The normalized spacial score (nSPS) is 18.5. The van der Waals surface area contributed by atoms with Crippen LogP contribution in [-0.4, -0.2) is 51.9 Å². The number of piperazine rings is 1. The summed E-state index contributed by atoms with van der Waals surface area (Å²) in [5.74, 6) is -2.36. The number of H-pyrrole nitrogens is 1. The summed E-state index contributed by atoms with van der Waals surface area (Å²) < 4.78 is 0. The predicted molar refractivity (Wildman–Crippen MR) is 67.1 cm³/mol. The van der Waals surface area contributed by atoms with Gasteiger partial charge in [-0.05, 0) is 0 Å². The van der Waals surface area contributed by atoms with E-state index in [1.165, 1.54) is 18.5 Å². The standard InChI is InChI=1S/C12H13N3O5/c16-9-1-2-13-6-7(9)12(20)15-4-3-14-11(19)8(15)5-10(17)18/h1-2,6,8H,3-5H2,(H,13,16)(H,14,19)(H,17,18). The van der Waals surface area contributed by atoms with Crippen molar-refractivity contribution in [2.24, 2.45) is 0 Å². The summed E-state index contributed by atoms with van der Waals surface area (Å²) in [6.45, 7) is 0.391. The maximum Gasteiger partial charge on any atom is 0.305 e. The second-order valence-electron chi connectivity index (χ2n) is 4.33. The van der Waals surface area contributed by atoms with Crippen molar-refractivity contribution in [3.05, 3.63) is 34.2 Å². The molecule has 0 spiro atoms. The molecule has 8 nitrogen and oxygen atoms in total. The predicted octanol–water partition coefficient (Wildman–Crippen LogP) is -1.21. The van der Waals surface area contributed by atoms with Crippen LogP contribution in [-0.2, 0) is 9.59 Å². The zero-order valence-corrected chi connectivity index (χ0v) is 10.5. The molecule has 8 heteroatoms. The van der Waals surface area contributed by atoms with Gasteiger partial charge < -0.3 is 20.3 Å². The maximum absolute atomic E-state index is 12.3. The Morgan fingerprint density at radius 3 is 2.80 bits per heavy atom. The minimum atomic E-state index is -1.19. The molecule has 20 heavy (non-hydrogen) atoms. The number of aliphatic carboxylic acids is 1. The Morgan fingerprint density at radius 2 is 2.15 bits per heavy atom. The first kappa shape index (κ1) is 13.8. The van der Waals surface area contributed by atoms with Crippen molar-refractivity contribution in [3.63, 3.8) is 0 Å². The van der Waals surface area contributed by atoms with Gasteiger partial charge in [0.2, 0.25) is 5.91 Å². The molecule has 2 heterocycles. The Hall–Kier alpha value is -2.64. The molecule has 1 aromatic heterocycles. The number of aromatic nitrogens is 1. The Kier molecular flexibility index (Phi) is 3.83. The van der Waals surface area contributed by atoms with Crippen molar-refractivity contribution in [2.45, 2.75) is 12.5 Å². The number of aromatic amines is 1. The molecule has 0 aliphatic carbocycles. The van der Waals surface area contributed by atoms with E-state index in [1.807, 2.05) is 0 Å². The number of carboxylic acids is 1. The number of carbonyl (C=O) groups excluding carboxylic acids is 2. The Bertz CT molecular complexity index is 609. The smallest absolute Gasteiger partial charge is 0.305 e. The first-order valence-electron chi connectivity index (χ1n) is 5.98. The molecule has 1 fully saturated rings. The number of carboxylic acid groups (broad SMARTS) is 1. The number of carbonyl (C=O) groups is 3. The van der Waals surface area contributed by atoms with Crippen molar-refractivity contribution < 1.29 is 19.5 Å². The Labute approximate surface area is 113 Å². The van der Waals surface area contributed by atoms with E-state index in [0.717, 1.165) is 4.90 Å². The summed E-state index contributed by atoms with van der Waals surface area (Å²) in [6, 6.07) is 0.0945. The molecule has 2 amide bonds. The van der Waals surface area contributed by atoms with E-state index >= 15 is 0 Å². The molecule has 1 aromatic rings. The fourth-order valence-electron chi connectivity index (χ4n) is 2.06. The third-order valence-corrected chi connectivity index (χ3v) is 3.01. The number of rotatable bonds is 3. The van der Waals surface area contributed by atoms with Gasteiger partial charge in [0, 0.05) is 31.5 Å². The molecule has 1 aliphatic heterocycles. The average molecular weight is 279 g/mol. The minimum Gasteiger partial charge on any atom is -0.481 e. The van der Waals surface area contributed by atoms with E-state index in [2.05, 4.69) is 10.3 Å². The second kappa shape index (κ2) is 5.55. The SMILES string of the molecule is O=C(O)CC1C(=O)NCCN1C(=O)c1c[nH]ccc1=O. The Balaban J connectivity index is 2.31. The lowest BCUT2D eigenvalue weighted by Crippen LogP contribution is -2.58. The first-order valence-corrected chi connectivity index (χ1v) is 5.98. The number of nitrogens with one attached hydrogen (secondary N) is 2. The summed E-state index contributed by atoms with van der Waals surface area (Å²) in [4.78, 5) is 50.2. The second-order valence-corrected chi connectivity index (χ2v) is 4.33. The van der Waals surface area contributed by atoms with Crippen LogP contribution in [0.1, 0.15) is 16.8 Å². The average Bonchev–Trinajstić information content (AvgIpc) is 2.40. The minimum absolute atomic E-state index is 0.113. The number of pyridine rings is 1. The molecular weight excluding hydrogens is 266 g/mol. The monoisotopic (exact) mass is 279 g/mol. The number of hydrogen-bond acceptors (Lipinski definition) is 4. The molecule has 1 saturated heterocycles. The van der Waals surface area contributed by atoms with Crippen LogP contribution < -0.4 is 10.7 Å². The molecule has 0 bridgehead atoms. The van der Waals surface area contributed by atoms with Gasteiger partial charge >= 0.3 is 5.97 Å². The molecule has 1 aliphatic rings. The summed E-state index contributed by atoms with van der Waals surface area (Å²) in [5, 5.41) is 11.3. The van der Waals surface area contributed by atoms with Gasteiger partial charge in [0.1, 0.15) is 11.6 Å². The highest BCUT2D eigenvalue weighted by molar-refractivity contribution is 5.98. The zero-order chi connectivity index (χ0) is 14.7. The van der Waals surface area contributed by atoms with Crippen LogP contribution in [0.2, 0.25) is 0 Å². The van der Waals surface area contributed by atoms with Crippen molar-refractivity contribution in [3.8, 4) is 0 Å². The van der Waals surface area contributed by atoms with E-state index in [9.17, 15) is 19.2 Å². The van der Waals surface area contributed by atoms with Gasteiger partial charge in [-0.1, -0.05) is 0 Å². The number of amides is 2. The molecule has 0 aromatic carbocycles. The molecule has 0 radical (unpaired) electrons. The maximum atomic E-state index is 12.3. The zero-order valence-electron chi connectivity index (χ0n) is 10.5. The van der Waals surface area contributed by atoms with Crippen molar-refractivity contribution >= 4 is 17.8 Å². The number of nitrogens with zero attached hydrogens (tertiary/aromatic N) is 1. The van der Waals surface area contributed by atoms with E-state index in [4.69, 9.17) is 5.11 Å². The van der Waals surface area contributed by atoms with Crippen molar-refractivity contribution in [1.82, 2.24) is 15.2 Å². The fraction of sp³-hybridized carbons (Fsp3) is 0.333. The van der Waals surface area contributed by atoms with Crippen molar-refractivity contribution in [2.75, 3.05) is 13.1 Å². The molecule has 1 atom stereocenters. The lowest BCUT2D eigenvalue weighted by molar-refractivity contribution is -0.142. The van der Waals surface area contributed by atoms with Gasteiger partial charge in [0.25, 0.3) is 5.91 Å². The van der Waals surface area contributed by atoms with Crippen molar-refractivity contribution in [1.29, 1.82) is 0 Å².